The van der Waals surface area contributed by atoms with Crippen LogP contribution in [0, 0.1) is 11.8 Å². The highest BCUT2D eigenvalue weighted by atomic mass is 32.2. The van der Waals surface area contributed by atoms with Crippen LogP contribution in [-0.4, -0.2) is 48.6 Å². The van der Waals surface area contributed by atoms with E-state index in [1.54, 1.807) is 0 Å². The number of carboxylic acid groups (broad SMARTS) is 1. The molecule has 0 radical (unpaired) electrons. The van der Waals surface area contributed by atoms with Crippen LogP contribution in [0.25, 0.3) is 0 Å². The van der Waals surface area contributed by atoms with Crippen molar-refractivity contribution in [3.8, 4) is 0 Å². The number of carbonyl (C=O) groups excluding carboxylic acids is 1. The molecule has 0 saturated carbocycles. The SMILES string of the molecule is CSC1=C(C(=O)O)N2C(=O)[C@H]([C@@H](C)O[Si](C)(C)C(C)(C)C)[C@H]2[C@@H]1C. The Hall–Kier alpha value is -0.793. The van der Waals surface area contributed by atoms with Gasteiger partial charge in [-0.2, -0.15) is 0 Å². The Morgan fingerprint density at radius 2 is 1.92 bits per heavy atom. The van der Waals surface area contributed by atoms with Gasteiger partial charge in [-0.15, -0.1) is 11.8 Å². The van der Waals surface area contributed by atoms with E-state index < -0.39 is 14.3 Å². The van der Waals surface area contributed by atoms with E-state index in [4.69, 9.17) is 4.43 Å². The summed E-state index contributed by atoms with van der Waals surface area (Å²) in [6.07, 6.45) is 1.67. The normalized spacial score (nSPS) is 28.8. The Morgan fingerprint density at radius 3 is 2.33 bits per heavy atom. The fourth-order valence-corrected chi connectivity index (χ4v) is 5.82. The summed E-state index contributed by atoms with van der Waals surface area (Å²) in [7, 11) is -1.98. The first-order valence-electron chi connectivity index (χ1n) is 8.37. The van der Waals surface area contributed by atoms with Crippen LogP contribution in [0.4, 0.5) is 0 Å². The van der Waals surface area contributed by atoms with Crippen molar-refractivity contribution in [3.63, 3.8) is 0 Å². The Morgan fingerprint density at radius 1 is 1.38 bits per heavy atom. The lowest BCUT2D eigenvalue weighted by molar-refractivity contribution is -0.162. The van der Waals surface area contributed by atoms with Crippen molar-refractivity contribution >= 4 is 32.0 Å². The zero-order valence-corrected chi connectivity index (χ0v) is 17.7. The predicted octanol–water partition coefficient (Wildman–Crippen LogP) is 3.53. The maximum Gasteiger partial charge on any atom is 0.353 e. The summed E-state index contributed by atoms with van der Waals surface area (Å²) >= 11 is 1.43. The monoisotopic (exact) mass is 371 g/mol. The van der Waals surface area contributed by atoms with Gasteiger partial charge in [0.2, 0.25) is 5.91 Å². The predicted molar refractivity (Wildman–Crippen MR) is 99.2 cm³/mol. The number of hydrogen-bond donors (Lipinski definition) is 1. The molecule has 0 aromatic heterocycles. The Kier molecular flexibility index (Phi) is 5.03. The first-order valence-corrected chi connectivity index (χ1v) is 12.5. The van der Waals surface area contributed by atoms with E-state index >= 15 is 0 Å². The van der Waals surface area contributed by atoms with E-state index in [0.717, 1.165) is 4.91 Å². The van der Waals surface area contributed by atoms with Crippen LogP contribution in [0.2, 0.25) is 18.1 Å². The highest BCUT2D eigenvalue weighted by Crippen LogP contribution is 2.51. The van der Waals surface area contributed by atoms with Gasteiger partial charge >= 0.3 is 5.97 Å². The van der Waals surface area contributed by atoms with Crippen molar-refractivity contribution in [3.05, 3.63) is 10.6 Å². The smallest absolute Gasteiger partial charge is 0.353 e. The van der Waals surface area contributed by atoms with Crippen molar-refractivity contribution in [2.45, 2.75) is 64.9 Å². The van der Waals surface area contributed by atoms with Gasteiger partial charge in [-0.1, -0.05) is 27.7 Å². The van der Waals surface area contributed by atoms with Gasteiger partial charge in [-0.05, 0) is 31.3 Å². The van der Waals surface area contributed by atoms with E-state index in [1.165, 1.54) is 16.7 Å². The van der Waals surface area contributed by atoms with Crippen LogP contribution < -0.4 is 0 Å². The maximum atomic E-state index is 12.7. The standard InChI is InChI=1S/C17H29NO4SSi/c1-9-12-11(10(2)22-24(7,8)17(3,4)5)15(19)18(12)13(16(20)21)14(9)23-6/h9-12H,1-8H3,(H,20,21)/t9-,10+,11+,12+/m0/s1. The number of rotatable bonds is 5. The number of β-lactam (4-membered cyclic amide) rings is 1. The first-order chi connectivity index (χ1) is 10.8. The molecule has 5 nitrogen and oxygen atoms in total. The van der Waals surface area contributed by atoms with Crippen LogP contribution in [0.1, 0.15) is 34.6 Å². The number of hydrogen-bond acceptors (Lipinski definition) is 4. The Labute approximate surface area is 149 Å². The van der Waals surface area contributed by atoms with Crippen LogP contribution >= 0.6 is 11.8 Å². The third kappa shape index (κ3) is 2.84. The molecule has 2 aliphatic rings. The zero-order valence-electron chi connectivity index (χ0n) is 15.8. The molecule has 0 unspecified atom stereocenters. The molecular formula is C17H29NO4SSi. The van der Waals surface area contributed by atoms with Crippen molar-refractivity contribution in [1.29, 1.82) is 0 Å². The average molecular weight is 372 g/mol. The minimum atomic E-state index is -1.98. The lowest BCUT2D eigenvalue weighted by atomic mass is 9.79. The lowest BCUT2D eigenvalue weighted by Gasteiger charge is -2.50. The number of thioether (sulfide) groups is 1. The van der Waals surface area contributed by atoms with Crippen LogP contribution in [0.15, 0.2) is 10.6 Å². The molecule has 24 heavy (non-hydrogen) atoms. The second kappa shape index (κ2) is 6.18. The van der Waals surface area contributed by atoms with E-state index in [9.17, 15) is 14.7 Å². The summed E-state index contributed by atoms with van der Waals surface area (Å²) in [6, 6.07) is -0.0918. The summed E-state index contributed by atoms with van der Waals surface area (Å²) in [5.74, 6) is -1.34. The second-order valence-corrected chi connectivity index (χ2v) is 13.9. The van der Waals surface area contributed by atoms with Gasteiger partial charge in [0.05, 0.1) is 18.1 Å². The quantitative estimate of drug-likeness (QED) is 0.591. The number of aliphatic carboxylic acids is 1. The van der Waals surface area contributed by atoms with Gasteiger partial charge < -0.3 is 14.4 Å². The number of fused-ring (bicyclic) bond motifs is 1. The molecule has 7 heteroatoms. The molecule has 4 atom stereocenters. The second-order valence-electron chi connectivity index (χ2n) is 8.32. The Bertz CT molecular complexity index is 596. The highest BCUT2D eigenvalue weighted by molar-refractivity contribution is 8.02. The number of carbonyl (C=O) groups is 2. The summed E-state index contributed by atoms with van der Waals surface area (Å²) < 4.78 is 6.42. The molecule has 1 fully saturated rings. The van der Waals surface area contributed by atoms with Crippen LogP contribution in [0.5, 0.6) is 0 Å². The van der Waals surface area contributed by atoms with E-state index in [1.807, 2.05) is 20.1 Å². The highest BCUT2D eigenvalue weighted by Gasteiger charge is 2.60. The molecule has 0 aliphatic carbocycles. The summed E-state index contributed by atoms with van der Waals surface area (Å²) in [5, 5.41) is 9.57. The van der Waals surface area contributed by atoms with Gasteiger partial charge in [0.15, 0.2) is 8.32 Å². The maximum absolute atomic E-state index is 12.7. The zero-order chi connectivity index (χ0) is 18.6. The lowest BCUT2D eigenvalue weighted by Crippen LogP contribution is -2.65. The molecule has 0 bridgehead atoms. The summed E-state index contributed by atoms with van der Waals surface area (Å²) in [6.45, 7) is 14.9. The largest absolute Gasteiger partial charge is 0.477 e. The van der Waals surface area contributed by atoms with Gasteiger partial charge in [0.1, 0.15) is 5.70 Å². The van der Waals surface area contributed by atoms with E-state index in [0.29, 0.717) is 0 Å². The van der Waals surface area contributed by atoms with E-state index in [-0.39, 0.29) is 40.6 Å². The van der Waals surface area contributed by atoms with Gasteiger partial charge in [-0.25, -0.2) is 4.79 Å². The molecule has 0 aromatic carbocycles. The van der Waals surface area contributed by atoms with Crippen molar-refractivity contribution in [2.75, 3.05) is 6.26 Å². The molecule has 1 saturated heterocycles. The number of carboxylic acids is 1. The van der Waals surface area contributed by atoms with Crippen molar-refractivity contribution < 1.29 is 19.1 Å². The minimum absolute atomic E-state index is 0.0410. The average Bonchev–Trinajstić information content (AvgIpc) is 2.66. The molecule has 2 heterocycles. The molecular weight excluding hydrogens is 342 g/mol. The fraction of sp³-hybridized carbons (Fsp3) is 0.765. The topological polar surface area (TPSA) is 66.8 Å². The van der Waals surface area contributed by atoms with Gasteiger partial charge in [0, 0.05) is 10.8 Å². The third-order valence-electron chi connectivity index (χ3n) is 5.80. The van der Waals surface area contributed by atoms with Crippen molar-refractivity contribution in [2.24, 2.45) is 11.8 Å². The molecule has 2 aliphatic heterocycles. The Balaban J connectivity index is 2.23. The van der Waals surface area contributed by atoms with Gasteiger partial charge in [0.25, 0.3) is 0 Å². The number of nitrogens with zero attached hydrogens (tertiary/aromatic N) is 1. The van der Waals surface area contributed by atoms with Crippen molar-refractivity contribution in [1.82, 2.24) is 4.90 Å². The fourth-order valence-electron chi connectivity index (χ4n) is 3.50. The van der Waals surface area contributed by atoms with E-state index in [2.05, 4.69) is 33.9 Å². The summed E-state index contributed by atoms with van der Waals surface area (Å²) in [5.41, 5.74) is 0.167. The third-order valence-corrected chi connectivity index (χ3v) is 11.4. The molecule has 136 valence electrons. The number of amides is 1. The van der Waals surface area contributed by atoms with Crippen LogP contribution in [-0.2, 0) is 14.0 Å². The first kappa shape index (κ1) is 19.5. The summed E-state index contributed by atoms with van der Waals surface area (Å²) in [4.78, 5) is 26.6. The molecule has 1 N–H and O–H groups in total. The minimum Gasteiger partial charge on any atom is -0.477 e. The van der Waals surface area contributed by atoms with Gasteiger partial charge in [-0.3, -0.25) is 4.79 Å². The molecule has 0 aromatic rings. The molecule has 1 amide bonds. The van der Waals surface area contributed by atoms with Crippen LogP contribution in [0.3, 0.4) is 0 Å². The molecule has 2 rings (SSSR count). The molecule has 0 spiro atoms.